The number of carbonyl (C=O) groups is 1. The molecule has 0 aromatic heterocycles. The molecule has 0 aliphatic carbocycles. The molecule has 27 heavy (non-hydrogen) atoms. The van der Waals surface area contributed by atoms with E-state index in [-0.39, 0.29) is 5.91 Å². The fourth-order valence-electron chi connectivity index (χ4n) is 2.36. The zero-order valence-electron chi connectivity index (χ0n) is 15.8. The molecule has 9 heteroatoms. The van der Waals surface area contributed by atoms with E-state index < -0.39 is 10.0 Å². The van der Waals surface area contributed by atoms with Crippen molar-refractivity contribution in [3.05, 3.63) is 42.0 Å². The van der Waals surface area contributed by atoms with Gasteiger partial charge in [-0.2, -0.15) is 0 Å². The summed E-state index contributed by atoms with van der Waals surface area (Å²) in [5.41, 5.74) is 1.32. The maximum atomic E-state index is 12.6. The predicted octanol–water partition coefficient (Wildman–Crippen LogP) is 2.36. The summed E-state index contributed by atoms with van der Waals surface area (Å²) in [6.45, 7) is 0. The molecular weight excluding hydrogens is 372 g/mol. The molecule has 146 valence electrons. The lowest BCUT2D eigenvalue weighted by molar-refractivity contribution is 0.102. The van der Waals surface area contributed by atoms with Gasteiger partial charge in [0.15, 0.2) is 11.5 Å². The Balaban J connectivity index is 2.25. The number of benzene rings is 2. The summed E-state index contributed by atoms with van der Waals surface area (Å²) in [7, 11) is 2.52. The Kier molecular flexibility index (Phi) is 6.17. The molecule has 0 atom stereocenters. The Morgan fingerprint density at radius 3 is 1.89 bits per heavy atom. The fraction of sp³-hybridized carbons (Fsp3) is 0.278. The van der Waals surface area contributed by atoms with Gasteiger partial charge in [-0.25, -0.2) is 8.42 Å². The molecule has 0 saturated carbocycles. The first-order chi connectivity index (χ1) is 12.7. The molecule has 0 spiro atoms. The molecule has 0 unspecified atom stereocenters. The first-order valence-electron chi connectivity index (χ1n) is 7.86. The smallest absolute Gasteiger partial charge is 0.255 e. The number of nitrogens with one attached hydrogen (secondary N) is 1. The molecule has 0 aliphatic heterocycles. The van der Waals surface area contributed by atoms with E-state index >= 15 is 0 Å². The van der Waals surface area contributed by atoms with E-state index in [1.807, 2.05) is 0 Å². The number of nitrogens with zero attached hydrogens (tertiary/aromatic N) is 1. The maximum Gasteiger partial charge on any atom is 0.255 e. The van der Waals surface area contributed by atoms with Crippen LogP contribution in [0.1, 0.15) is 10.4 Å². The highest BCUT2D eigenvalue weighted by atomic mass is 32.2. The van der Waals surface area contributed by atoms with Crippen molar-refractivity contribution in [2.24, 2.45) is 0 Å². The van der Waals surface area contributed by atoms with Gasteiger partial charge in [-0.1, -0.05) is 0 Å². The van der Waals surface area contributed by atoms with Gasteiger partial charge in [0.25, 0.3) is 5.91 Å². The molecule has 0 saturated heterocycles. The third-order valence-electron chi connectivity index (χ3n) is 3.91. The fourth-order valence-corrected chi connectivity index (χ4v) is 2.87. The Labute approximate surface area is 158 Å². The van der Waals surface area contributed by atoms with Gasteiger partial charge in [0.1, 0.15) is 0 Å². The average Bonchev–Trinajstić information content (AvgIpc) is 2.65. The second kappa shape index (κ2) is 8.17. The first-order valence-corrected chi connectivity index (χ1v) is 9.71. The molecular formula is C18H22N2O6S. The molecule has 2 rings (SSSR count). The van der Waals surface area contributed by atoms with Crippen molar-refractivity contribution in [3.63, 3.8) is 0 Å². The average molecular weight is 394 g/mol. The molecule has 0 bridgehead atoms. The lowest BCUT2D eigenvalue weighted by Crippen LogP contribution is -2.24. The summed E-state index contributed by atoms with van der Waals surface area (Å²) < 4.78 is 40.0. The lowest BCUT2D eigenvalue weighted by atomic mass is 10.1. The van der Waals surface area contributed by atoms with Crippen molar-refractivity contribution in [2.45, 2.75) is 0 Å². The topological polar surface area (TPSA) is 94.2 Å². The minimum Gasteiger partial charge on any atom is -0.493 e. The van der Waals surface area contributed by atoms with E-state index in [0.29, 0.717) is 34.2 Å². The predicted molar refractivity (Wildman–Crippen MR) is 104 cm³/mol. The Morgan fingerprint density at radius 2 is 1.48 bits per heavy atom. The molecule has 1 amide bonds. The van der Waals surface area contributed by atoms with Crippen molar-refractivity contribution >= 4 is 27.3 Å². The minimum absolute atomic E-state index is 0.321. The normalized spacial score (nSPS) is 10.9. The van der Waals surface area contributed by atoms with Gasteiger partial charge >= 0.3 is 0 Å². The van der Waals surface area contributed by atoms with Gasteiger partial charge in [-0.15, -0.1) is 0 Å². The second-order valence-corrected chi connectivity index (χ2v) is 7.66. The van der Waals surface area contributed by atoms with Gasteiger partial charge in [-0.3, -0.25) is 9.10 Å². The summed E-state index contributed by atoms with van der Waals surface area (Å²) in [6.07, 6.45) is 1.12. The van der Waals surface area contributed by atoms with Crippen molar-refractivity contribution in [1.82, 2.24) is 0 Å². The number of amides is 1. The van der Waals surface area contributed by atoms with Crippen LogP contribution in [0.15, 0.2) is 36.4 Å². The van der Waals surface area contributed by atoms with E-state index in [4.69, 9.17) is 14.2 Å². The first kappa shape index (κ1) is 20.4. The molecule has 0 heterocycles. The van der Waals surface area contributed by atoms with Crippen LogP contribution in [0.3, 0.4) is 0 Å². The lowest BCUT2D eigenvalue weighted by Gasteiger charge is -2.17. The Bertz CT molecular complexity index is 900. The SMILES string of the molecule is COc1cc(C(=O)Nc2ccc(N(C)S(C)(=O)=O)cc2)cc(OC)c1OC. The van der Waals surface area contributed by atoms with E-state index in [2.05, 4.69) is 5.32 Å². The van der Waals surface area contributed by atoms with Gasteiger partial charge in [0, 0.05) is 18.3 Å². The zero-order chi connectivity index (χ0) is 20.2. The quantitative estimate of drug-likeness (QED) is 0.775. The van der Waals surface area contributed by atoms with Gasteiger partial charge in [-0.05, 0) is 36.4 Å². The summed E-state index contributed by atoms with van der Waals surface area (Å²) in [6, 6.07) is 9.53. The third-order valence-corrected chi connectivity index (χ3v) is 5.12. The highest BCUT2D eigenvalue weighted by Crippen LogP contribution is 2.38. The number of carbonyl (C=O) groups excluding carboxylic acids is 1. The van der Waals surface area contributed by atoms with Crippen LogP contribution in [0.5, 0.6) is 17.2 Å². The molecule has 0 radical (unpaired) electrons. The highest BCUT2D eigenvalue weighted by Gasteiger charge is 2.17. The van der Waals surface area contributed by atoms with Gasteiger partial charge in [0.2, 0.25) is 15.8 Å². The third kappa shape index (κ3) is 4.62. The standard InChI is InChI=1S/C18H22N2O6S/c1-20(27(5,22)23)14-8-6-13(7-9-14)19-18(21)12-10-15(24-2)17(26-4)16(11-12)25-3/h6-11H,1-5H3,(H,19,21). The highest BCUT2D eigenvalue weighted by molar-refractivity contribution is 7.92. The van der Waals surface area contributed by atoms with Crippen LogP contribution in [0.4, 0.5) is 11.4 Å². The van der Waals surface area contributed by atoms with Crippen LogP contribution in [0.2, 0.25) is 0 Å². The van der Waals surface area contributed by atoms with Gasteiger partial charge in [0.05, 0.1) is 33.3 Å². The molecule has 2 aromatic carbocycles. The van der Waals surface area contributed by atoms with Crippen molar-refractivity contribution in [3.8, 4) is 17.2 Å². The van der Waals surface area contributed by atoms with Crippen LogP contribution in [-0.4, -0.2) is 49.0 Å². The number of hydrogen-bond acceptors (Lipinski definition) is 6. The van der Waals surface area contributed by atoms with E-state index in [0.717, 1.165) is 10.6 Å². The van der Waals surface area contributed by atoms with Crippen LogP contribution in [-0.2, 0) is 10.0 Å². The number of rotatable bonds is 7. The number of hydrogen-bond donors (Lipinski definition) is 1. The maximum absolute atomic E-state index is 12.6. The second-order valence-electron chi connectivity index (χ2n) is 5.65. The van der Waals surface area contributed by atoms with Crippen LogP contribution in [0.25, 0.3) is 0 Å². The number of ether oxygens (including phenoxy) is 3. The number of methoxy groups -OCH3 is 3. The summed E-state index contributed by atoms with van der Waals surface area (Å²) >= 11 is 0. The van der Waals surface area contributed by atoms with Gasteiger partial charge < -0.3 is 19.5 Å². The Morgan fingerprint density at radius 1 is 0.963 bits per heavy atom. The summed E-state index contributed by atoms with van der Waals surface area (Å²) in [5.74, 6) is 0.752. The molecule has 1 N–H and O–H groups in total. The van der Waals surface area contributed by atoms with Crippen LogP contribution < -0.4 is 23.8 Å². The number of anilines is 2. The van der Waals surface area contributed by atoms with Crippen LogP contribution in [0, 0.1) is 0 Å². The number of sulfonamides is 1. The van der Waals surface area contributed by atoms with Crippen LogP contribution >= 0.6 is 0 Å². The minimum atomic E-state index is -3.35. The van der Waals surface area contributed by atoms with E-state index in [1.54, 1.807) is 36.4 Å². The molecule has 8 nitrogen and oxygen atoms in total. The molecule has 0 aliphatic rings. The molecule has 0 fully saturated rings. The molecule has 2 aromatic rings. The van der Waals surface area contributed by atoms with E-state index in [1.165, 1.54) is 28.4 Å². The summed E-state index contributed by atoms with van der Waals surface area (Å²) in [5, 5.41) is 2.74. The summed E-state index contributed by atoms with van der Waals surface area (Å²) in [4.78, 5) is 12.6. The Hall–Kier alpha value is -2.94. The van der Waals surface area contributed by atoms with Crippen molar-refractivity contribution < 1.29 is 27.4 Å². The largest absolute Gasteiger partial charge is 0.493 e. The zero-order valence-corrected chi connectivity index (χ0v) is 16.6. The monoisotopic (exact) mass is 394 g/mol. The van der Waals surface area contributed by atoms with Crippen molar-refractivity contribution in [2.75, 3.05) is 44.3 Å². The van der Waals surface area contributed by atoms with Crippen molar-refractivity contribution in [1.29, 1.82) is 0 Å². The van der Waals surface area contributed by atoms with E-state index in [9.17, 15) is 13.2 Å².